The number of methoxy groups -OCH3 is 2. The van der Waals surface area contributed by atoms with Crippen molar-refractivity contribution in [2.45, 2.75) is 19.3 Å². The maximum atomic E-state index is 12.7. The summed E-state index contributed by atoms with van der Waals surface area (Å²) in [5, 5.41) is 18.0. The zero-order chi connectivity index (χ0) is 29.6. The molecule has 13 heteroatoms. The van der Waals surface area contributed by atoms with Crippen LogP contribution in [0.4, 0.5) is 17.2 Å². The number of rotatable bonds is 12. The van der Waals surface area contributed by atoms with E-state index in [9.17, 15) is 14.4 Å². The second kappa shape index (κ2) is 12.1. The molecule has 3 amide bonds. The van der Waals surface area contributed by atoms with Gasteiger partial charge in [-0.25, -0.2) is 4.98 Å². The maximum absolute atomic E-state index is 12.7. The van der Waals surface area contributed by atoms with Crippen molar-refractivity contribution < 1.29 is 32.4 Å². The molecule has 1 aliphatic rings. The molecule has 0 saturated heterocycles. The Bertz CT molecular complexity index is 1420. The third-order valence-electron chi connectivity index (χ3n) is 5.56. The van der Waals surface area contributed by atoms with Gasteiger partial charge in [0, 0.05) is 36.7 Å². The Labute approximate surface area is 222 Å². The summed E-state index contributed by atoms with van der Waals surface area (Å²) in [7, 11) is 2.96. The predicted octanol–water partition coefficient (Wildman–Crippen LogP) is 1.90. The minimum Gasteiger partial charge on any atom is -0.494 e. The number of anilines is 3. The zero-order valence-corrected chi connectivity index (χ0v) is 20.8. The molecule has 0 aliphatic heterocycles. The Balaban J connectivity index is 1.62. The van der Waals surface area contributed by atoms with Crippen LogP contribution in [0.2, 0.25) is 0 Å². The largest absolute Gasteiger partial charge is 0.494 e. The molecule has 38 heavy (non-hydrogen) atoms. The van der Waals surface area contributed by atoms with Crippen LogP contribution in [0, 0.1) is 5.92 Å². The lowest BCUT2D eigenvalue weighted by molar-refractivity contribution is -0.121. The number of oxazole rings is 1. The summed E-state index contributed by atoms with van der Waals surface area (Å²) in [6.07, 6.45) is 2.95. The molecule has 4 N–H and O–H groups in total. The van der Waals surface area contributed by atoms with E-state index in [4.69, 9.17) is 18.0 Å². The topological polar surface area (TPSA) is 170 Å². The molecule has 0 unspecified atom stereocenters. The lowest BCUT2D eigenvalue weighted by Gasteiger charge is -2.16. The monoisotopic (exact) mass is 526 g/mol. The highest BCUT2D eigenvalue weighted by Gasteiger charge is 2.30. The first-order valence-electron chi connectivity index (χ1n) is 13.2. The average molecular weight is 527 g/mol. The van der Waals surface area contributed by atoms with Gasteiger partial charge in [-0.05, 0) is 25.0 Å². The summed E-state index contributed by atoms with van der Waals surface area (Å²) < 4.78 is 38.5. The van der Waals surface area contributed by atoms with E-state index < -0.39 is 12.9 Å². The van der Waals surface area contributed by atoms with Crippen LogP contribution in [0.1, 0.15) is 33.2 Å². The molecule has 1 aromatic carbocycles. The highest BCUT2D eigenvalue weighted by molar-refractivity contribution is 6.00. The number of para-hydroxylation sites is 1. The molecule has 4 rings (SSSR count). The Morgan fingerprint density at radius 2 is 2.03 bits per heavy atom. The molecule has 1 saturated carbocycles. The average Bonchev–Trinajstić information content (AvgIpc) is 3.67. The number of hydrogen-bond acceptors (Lipinski definition) is 10. The summed E-state index contributed by atoms with van der Waals surface area (Å²) in [4.78, 5) is 41.4. The van der Waals surface area contributed by atoms with E-state index in [0.29, 0.717) is 30.2 Å². The minimum absolute atomic E-state index is 0.0308. The molecule has 1 fully saturated rings. The number of ether oxygens (including phenoxy) is 2. The molecule has 200 valence electrons. The number of benzene rings is 1. The van der Waals surface area contributed by atoms with Crippen molar-refractivity contribution in [3.05, 3.63) is 41.9 Å². The Morgan fingerprint density at radius 3 is 2.76 bits per heavy atom. The van der Waals surface area contributed by atoms with Gasteiger partial charge in [-0.15, -0.1) is 10.2 Å². The number of amides is 3. The first-order chi connectivity index (χ1) is 19.6. The third kappa shape index (κ3) is 6.42. The Morgan fingerprint density at radius 1 is 1.18 bits per heavy atom. The minimum atomic E-state index is -2.77. The highest BCUT2D eigenvalue weighted by Crippen LogP contribution is 2.38. The van der Waals surface area contributed by atoms with Gasteiger partial charge in [-0.2, -0.15) is 0 Å². The normalized spacial score (nSPS) is 14.0. The molecule has 1 aliphatic carbocycles. The van der Waals surface area contributed by atoms with Crippen LogP contribution < -0.4 is 26.0 Å². The van der Waals surface area contributed by atoms with Crippen LogP contribution in [0.25, 0.3) is 11.5 Å². The molecule has 0 bridgehead atoms. The van der Waals surface area contributed by atoms with Gasteiger partial charge >= 0.3 is 0 Å². The summed E-state index contributed by atoms with van der Waals surface area (Å²) >= 11 is 0. The van der Waals surface area contributed by atoms with Crippen molar-refractivity contribution >= 4 is 34.9 Å². The smallest absolute Gasteiger partial charge is 0.273 e. The van der Waals surface area contributed by atoms with E-state index in [1.807, 2.05) is 5.32 Å². The fourth-order valence-electron chi connectivity index (χ4n) is 3.54. The van der Waals surface area contributed by atoms with E-state index in [1.54, 1.807) is 18.2 Å². The zero-order valence-electron chi connectivity index (χ0n) is 23.8. The summed E-state index contributed by atoms with van der Waals surface area (Å²) in [6, 6.07) is 6.38. The number of nitrogens with zero attached hydrogens (tertiary/aromatic N) is 3. The van der Waals surface area contributed by atoms with E-state index >= 15 is 0 Å². The van der Waals surface area contributed by atoms with E-state index in [2.05, 4.69) is 31.1 Å². The van der Waals surface area contributed by atoms with Crippen molar-refractivity contribution in [3.8, 4) is 17.2 Å². The molecule has 2 heterocycles. The molecule has 0 spiro atoms. The quantitative estimate of drug-likeness (QED) is 0.256. The molecule has 0 radical (unpaired) electrons. The highest BCUT2D eigenvalue weighted by atomic mass is 16.5. The first-order valence-corrected chi connectivity index (χ1v) is 11.7. The standard InChI is InChI=1S/C25H29N7O6/c1-26-24(35)21-18(12-19(31-32-21)30-23(34)14-7-8-14)29-17-6-4-5-16(22(17)37-3)25-28-13-15(38-25)11-20(33)27-9-10-36-2/h4-6,12-14H,7-11H2,1-3H3,(H,26,35)(H,27,33)(H2,29,30,31,34)/i1D3. The fourth-order valence-corrected chi connectivity index (χ4v) is 3.54. The van der Waals surface area contributed by atoms with Crippen LogP contribution in [0.5, 0.6) is 5.75 Å². The van der Waals surface area contributed by atoms with Gasteiger partial charge in [0.25, 0.3) is 5.91 Å². The second-order valence-electron chi connectivity index (χ2n) is 8.37. The lowest BCUT2D eigenvalue weighted by Crippen LogP contribution is -2.28. The van der Waals surface area contributed by atoms with Gasteiger partial charge in [0.1, 0.15) is 5.76 Å². The van der Waals surface area contributed by atoms with Gasteiger partial charge in [-0.3, -0.25) is 14.4 Å². The van der Waals surface area contributed by atoms with Gasteiger partial charge in [0.05, 0.1) is 43.3 Å². The Hall–Kier alpha value is -4.52. The third-order valence-corrected chi connectivity index (χ3v) is 5.56. The second-order valence-corrected chi connectivity index (χ2v) is 8.37. The lowest BCUT2D eigenvalue weighted by atomic mass is 10.1. The van der Waals surface area contributed by atoms with Crippen LogP contribution in [-0.2, 0) is 20.7 Å². The van der Waals surface area contributed by atoms with Crippen molar-refractivity contribution in [2.75, 3.05) is 45.0 Å². The van der Waals surface area contributed by atoms with Crippen molar-refractivity contribution in [1.82, 2.24) is 25.8 Å². The summed E-state index contributed by atoms with van der Waals surface area (Å²) in [5.41, 5.74) is 0.513. The number of nitrogens with one attached hydrogen (secondary N) is 4. The Kier molecular flexibility index (Phi) is 7.24. The van der Waals surface area contributed by atoms with Gasteiger partial charge in [0.2, 0.25) is 17.7 Å². The van der Waals surface area contributed by atoms with Gasteiger partial charge in [0.15, 0.2) is 17.3 Å². The van der Waals surface area contributed by atoms with E-state index in [0.717, 1.165) is 12.8 Å². The van der Waals surface area contributed by atoms with Gasteiger partial charge < -0.3 is 35.2 Å². The molecular formula is C25H29N7O6. The molecule has 3 aromatic rings. The molecule has 2 aromatic heterocycles. The van der Waals surface area contributed by atoms with Crippen molar-refractivity contribution in [2.24, 2.45) is 5.92 Å². The molecular weight excluding hydrogens is 494 g/mol. The number of carbonyl (C=O) groups excluding carboxylic acids is 3. The maximum Gasteiger partial charge on any atom is 0.273 e. The van der Waals surface area contributed by atoms with E-state index in [-0.39, 0.29) is 53.0 Å². The van der Waals surface area contributed by atoms with Crippen LogP contribution in [0.3, 0.4) is 0 Å². The first kappa shape index (κ1) is 22.7. The summed E-state index contributed by atoms with van der Waals surface area (Å²) in [5.74, 6) is -0.744. The van der Waals surface area contributed by atoms with Crippen LogP contribution in [-0.4, -0.2) is 67.2 Å². The van der Waals surface area contributed by atoms with E-state index in [1.165, 1.54) is 26.5 Å². The predicted molar refractivity (Wildman–Crippen MR) is 137 cm³/mol. The van der Waals surface area contributed by atoms with Crippen LogP contribution in [0.15, 0.2) is 34.9 Å². The summed E-state index contributed by atoms with van der Waals surface area (Å²) in [6.45, 7) is -2.03. The number of hydrogen-bond donors (Lipinski definition) is 4. The van der Waals surface area contributed by atoms with Gasteiger partial charge in [-0.1, -0.05) is 6.07 Å². The number of aromatic nitrogens is 3. The van der Waals surface area contributed by atoms with Crippen molar-refractivity contribution in [3.63, 3.8) is 0 Å². The number of carbonyl (C=O) groups is 3. The SMILES string of the molecule is [2H]C([2H])([2H])NC(=O)c1nnc(NC(=O)C2CC2)cc1Nc1cccc(-c2ncc(CC(=O)NCCOC)o2)c1OC. The van der Waals surface area contributed by atoms with Crippen molar-refractivity contribution in [1.29, 1.82) is 0 Å². The molecule has 0 atom stereocenters. The fraction of sp³-hybridized carbons (Fsp3) is 0.360. The van der Waals surface area contributed by atoms with Crippen LogP contribution >= 0.6 is 0 Å². The molecule has 13 nitrogen and oxygen atoms in total.